The Kier molecular flexibility index (Phi) is 60.0. The molecule has 0 fully saturated rings. The first-order valence-corrected chi connectivity index (χ1v) is 38.8. The van der Waals surface area contributed by atoms with Gasteiger partial charge in [0.2, 0.25) is 0 Å². The Balaban J connectivity index is 5.21. The Morgan fingerprint density at radius 3 is 1.01 bits per heavy atom. The molecule has 0 saturated heterocycles. The summed E-state index contributed by atoms with van der Waals surface area (Å²) < 4.78 is 68.0. The van der Waals surface area contributed by atoms with Crippen molar-refractivity contribution in [2.75, 3.05) is 39.6 Å². The fourth-order valence-corrected chi connectivity index (χ4v) is 11.6. The van der Waals surface area contributed by atoms with E-state index in [-0.39, 0.29) is 25.7 Å². The van der Waals surface area contributed by atoms with Crippen LogP contribution in [0.4, 0.5) is 0 Å². The number of carbonyl (C=O) groups excluding carboxylic acids is 4. The van der Waals surface area contributed by atoms with Crippen molar-refractivity contribution in [3.05, 3.63) is 24.3 Å². The number of phosphoric ester groups is 2. The second-order valence-electron chi connectivity index (χ2n) is 25.3. The van der Waals surface area contributed by atoms with Crippen molar-refractivity contribution < 1.29 is 80.2 Å². The van der Waals surface area contributed by atoms with Gasteiger partial charge in [0.15, 0.2) is 12.2 Å². The first kappa shape index (κ1) is 86.5. The second kappa shape index (κ2) is 61.7. The Morgan fingerprint density at radius 2 is 0.663 bits per heavy atom. The van der Waals surface area contributed by atoms with Crippen LogP contribution in [-0.2, 0) is 65.4 Å². The van der Waals surface area contributed by atoms with Gasteiger partial charge in [-0.2, -0.15) is 0 Å². The van der Waals surface area contributed by atoms with Crippen molar-refractivity contribution in [3.63, 3.8) is 0 Å². The van der Waals surface area contributed by atoms with Crippen LogP contribution in [0, 0.1) is 11.8 Å². The monoisotopic (exact) mass is 1310 g/mol. The Labute approximate surface area is 542 Å². The maximum Gasteiger partial charge on any atom is 0.472 e. The molecule has 6 atom stereocenters. The van der Waals surface area contributed by atoms with Gasteiger partial charge in [-0.1, -0.05) is 278 Å². The lowest BCUT2D eigenvalue weighted by atomic mass is 9.99. The van der Waals surface area contributed by atoms with Crippen LogP contribution < -0.4 is 0 Å². The summed E-state index contributed by atoms with van der Waals surface area (Å²) in [5, 5.41) is 10.6. The van der Waals surface area contributed by atoms with Crippen molar-refractivity contribution in [1.82, 2.24) is 0 Å². The van der Waals surface area contributed by atoms with Crippen LogP contribution in [0.1, 0.15) is 330 Å². The predicted molar refractivity (Wildman–Crippen MR) is 358 cm³/mol. The quantitative estimate of drug-likeness (QED) is 0.0169. The fraction of sp³-hybridized carbons (Fsp3) is 0.886. The molecule has 0 aliphatic rings. The van der Waals surface area contributed by atoms with E-state index in [0.717, 1.165) is 121 Å². The van der Waals surface area contributed by atoms with Gasteiger partial charge in [0.25, 0.3) is 0 Å². The summed E-state index contributed by atoms with van der Waals surface area (Å²) >= 11 is 0. The minimum atomic E-state index is -4.96. The summed E-state index contributed by atoms with van der Waals surface area (Å²) in [5.41, 5.74) is 0. The zero-order valence-electron chi connectivity index (χ0n) is 57.2. The molecular formula is C70H132O17P2. The van der Waals surface area contributed by atoms with E-state index < -0.39 is 97.5 Å². The molecule has 524 valence electrons. The normalized spacial score (nSPS) is 14.6. The molecule has 3 unspecified atom stereocenters. The van der Waals surface area contributed by atoms with Crippen molar-refractivity contribution in [1.29, 1.82) is 0 Å². The van der Waals surface area contributed by atoms with Crippen molar-refractivity contribution in [2.45, 2.75) is 349 Å². The minimum absolute atomic E-state index is 0.0848. The molecule has 0 bridgehead atoms. The molecule has 0 aromatic heterocycles. The van der Waals surface area contributed by atoms with Gasteiger partial charge >= 0.3 is 39.5 Å². The third kappa shape index (κ3) is 62.7. The van der Waals surface area contributed by atoms with Crippen LogP contribution in [-0.4, -0.2) is 96.7 Å². The average molecular weight is 1310 g/mol. The molecule has 0 aliphatic carbocycles. The Hall–Kier alpha value is -2.46. The summed E-state index contributed by atoms with van der Waals surface area (Å²) in [4.78, 5) is 72.3. The summed E-state index contributed by atoms with van der Waals surface area (Å²) in [6, 6.07) is 0. The van der Waals surface area contributed by atoms with E-state index >= 15 is 0 Å². The molecule has 0 saturated carbocycles. The zero-order chi connectivity index (χ0) is 65.7. The second-order valence-corrected chi connectivity index (χ2v) is 28.2. The van der Waals surface area contributed by atoms with E-state index in [2.05, 4.69) is 65.8 Å². The van der Waals surface area contributed by atoms with Crippen LogP contribution in [0.3, 0.4) is 0 Å². The van der Waals surface area contributed by atoms with E-state index in [1.54, 1.807) is 0 Å². The third-order valence-corrected chi connectivity index (χ3v) is 17.8. The number of ether oxygens (including phenoxy) is 4. The lowest BCUT2D eigenvalue weighted by molar-refractivity contribution is -0.161. The van der Waals surface area contributed by atoms with Crippen molar-refractivity contribution in [2.24, 2.45) is 11.8 Å². The van der Waals surface area contributed by atoms with Crippen LogP contribution in [0.5, 0.6) is 0 Å². The first-order chi connectivity index (χ1) is 42.9. The van der Waals surface area contributed by atoms with Crippen LogP contribution in [0.15, 0.2) is 24.3 Å². The molecule has 3 N–H and O–H groups in total. The number of rotatable bonds is 67. The highest BCUT2D eigenvalue weighted by Gasteiger charge is 2.30. The van der Waals surface area contributed by atoms with Crippen LogP contribution >= 0.6 is 15.6 Å². The van der Waals surface area contributed by atoms with Crippen molar-refractivity contribution >= 4 is 39.5 Å². The smallest absolute Gasteiger partial charge is 0.462 e. The predicted octanol–water partition coefficient (Wildman–Crippen LogP) is 19.5. The van der Waals surface area contributed by atoms with Gasteiger partial charge in [0.1, 0.15) is 19.3 Å². The van der Waals surface area contributed by atoms with Gasteiger partial charge in [0, 0.05) is 25.7 Å². The molecule has 0 spiro atoms. The summed E-state index contributed by atoms with van der Waals surface area (Å²) in [5.74, 6) is -0.584. The number of aliphatic hydroxyl groups is 1. The highest BCUT2D eigenvalue weighted by atomic mass is 31.2. The molecular weight excluding hydrogens is 1170 g/mol. The molecule has 0 aromatic carbocycles. The third-order valence-electron chi connectivity index (χ3n) is 15.9. The number of aliphatic hydroxyl groups excluding tert-OH is 1. The largest absolute Gasteiger partial charge is 0.472 e. The van der Waals surface area contributed by atoms with Gasteiger partial charge in [-0.05, 0) is 63.2 Å². The Bertz CT molecular complexity index is 1830. The maximum atomic E-state index is 13.0. The summed E-state index contributed by atoms with van der Waals surface area (Å²) in [6.45, 7) is 9.42. The standard InChI is InChI=1S/C70H132O17P2/c1-7-10-12-14-15-16-17-18-19-20-25-31-36-42-48-54-70(75)87-66(59-81-68(73)53-47-41-35-30-24-22-21-23-28-33-39-44-50-62(4)5)61-85-89(78,79)83-57-64(71)56-82-88(76,77)84-60-65(58-80-67(72)52-46-38-13-11-8-2)86-69(74)55-49-43-37-32-27-26-29-34-40-45-51-63(6)9-3/h16-19,62-66,71H,7-15,20-61H2,1-6H3,(H,76,77)(H,78,79)/b17-16-,19-18-/t63?,64-,65+,66+/m0/s1. The van der Waals surface area contributed by atoms with Gasteiger partial charge in [-0.15, -0.1) is 0 Å². The minimum Gasteiger partial charge on any atom is -0.462 e. The lowest BCUT2D eigenvalue weighted by Crippen LogP contribution is -2.30. The van der Waals surface area contributed by atoms with Crippen LogP contribution in [0.2, 0.25) is 0 Å². The van der Waals surface area contributed by atoms with E-state index in [9.17, 15) is 43.2 Å². The first-order valence-electron chi connectivity index (χ1n) is 35.8. The number of phosphoric acid groups is 2. The molecule has 0 rings (SSSR count). The lowest BCUT2D eigenvalue weighted by Gasteiger charge is -2.21. The average Bonchev–Trinajstić information content (AvgIpc) is 3.69. The van der Waals surface area contributed by atoms with Gasteiger partial charge in [-0.25, -0.2) is 9.13 Å². The van der Waals surface area contributed by atoms with Gasteiger partial charge in [0.05, 0.1) is 26.4 Å². The highest BCUT2D eigenvalue weighted by Crippen LogP contribution is 2.45. The summed E-state index contributed by atoms with van der Waals surface area (Å²) in [6.07, 6.45) is 49.7. The molecule has 0 radical (unpaired) electrons. The van der Waals surface area contributed by atoms with E-state index in [0.29, 0.717) is 25.7 Å². The number of hydrogen-bond donors (Lipinski definition) is 3. The zero-order valence-corrected chi connectivity index (χ0v) is 59.0. The number of esters is 4. The summed E-state index contributed by atoms with van der Waals surface area (Å²) in [7, 11) is -9.90. The molecule has 19 heteroatoms. The molecule has 0 aliphatic heterocycles. The Morgan fingerprint density at radius 1 is 0.371 bits per heavy atom. The number of carbonyl (C=O) groups is 4. The molecule has 17 nitrogen and oxygen atoms in total. The molecule has 0 heterocycles. The molecule has 89 heavy (non-hydrogen) atoms. The molecule has 0 aromatic rings. The number of hydrogen-bond acceptors (Lipinski definition) is 15. The molecule has 0 amide bonds. The van der Waals surface area contributed by atoms with E-state index in [1.165, 1.54) is 128 Å². The van der Waals surface area contributed by atoms with Gasteiger partial charge in [-0.3, -0.25) is 37.3 Å². The SMILES string of the molecule is CCCCCC/C=C\C=C/CCCCCCCC(=O)O[C@H](COC(=O)CCCCCCCCCCCCCCC(C)C)COP(=O)(O)OC[C@@H](O)COP(=O)(O)OC[C@@H](COC(=O)CCCCCCC)OC(=O)CCCCCCCCCCCCC(C)CC. The van der Waals surface area contributed by atoms with E-state index in [4.69, 9.17) is 37.0 Å². The number of unbranched alkanes of at least 4 members (excludes halogenated alkanes) is 33. The fourth-order valence-electron chi connectivity index (χ4n) is 10.0. The van der Waals surface area contributed by atoms with Crippen molar-refractivity contribution in [3.8, 4) is 0 Å². The van der Waals surface area contributed by atoms with E-state index in [1.807, 2.05) is 0 Å². The number of allylic oxidation sites excluding steroid dienone is 4. The highest BCUT2D eigenvalue weighted by molar-refractivity contribution is 7.47. The van der Waals surface area contributed by atoms with Crippen LogP contribution in [0.25, 0.3) is 0 Å². The topological polar surface area (TPSA) is 237 Å². The van der Waals surface area contributed by atoms with Gasteiger partial charge < -0.3 is 33.8 Å². The maximum absolute atomic E-state index is 13.0.